The van der Waals surface area contributed by atoms with Crippen molar-refractivity contribution >= 4 is 29.7 Å². The van der Waals surface area contributed by atoms with Gasteiger partial charge in [0.25, 0.3) is 0 Å². The normalized spacial score (nSPS) is 17.1. The van der Waals surface area contributed by atoms with E-state index in [1.807, 2.05) is 18.2 Å². The maximum Gasteiger partial charge on any atom is 0.326 e. The van der Waals surface area contributed by atoms with Gasteiger partial charge in [-0.15, -0.1) is 0 Å². The highest BCUT2D eigenvalue weighted by molar-refractivity contribution is 5.94. The van der Waals surface area contributed by atoms with Crippen LogP contribution < -0.4 is 33.6 Å². The molecule has 0 unspecified atom stereocenters. The van der Waals surface area contributed by atoms with E-state index < -0.39 is 42.0 Å². The first-order valence-electron chi connectivity index (χ1n) is 13.3. The molecule has 4 atom stereocenters. The zero-order chi connectivity index (χ0) is 28.8. The van der Waals surface area contributed by atoms with Crippen LogP contribution >= 0.6 is 0 Å². The van der Waals surface area contributed by atoms with Gasteiger partial charge in [0.1, 0.15) is 18.1 Å². The van der Waals surface area contributed by atoms with Crippen LogP contribution in [0.15, 0.2) is 35.3 Å². The lowest BCUT2D eigenvalue weighted by Crippen LogP contribution is -2.57. The van der Waals surface area contributed by atoms with Gasteiger partial charge in [-0.1, -0.05) is 36.8 Å². The van der Waals surface area contributed by atoms with Gasteiger partial charge in [0.2, 0.25) is 17.7 Å². The Hall–Kier alpha value is -3.71. The van der Waals surface area contributed by atoms with Crippen LogP contribution in [0.25, 0.3) is 0 Å². The molecule has 1 aromatic rings. The predicted octanol–water partition coefficient (Wildman–Crippen LogP) is -1.22. The summed E-state index contributed by atoms with van der Waals surface area (Å²) in [6.45, 7) is 1.12. The maximum atomic E-state index is 13.3. The fraction of sp³-hybridized carbons (Fsp3) is 0.577. The molecule has 216 valence electrons. The van der Waals surface area contributed by atoms with Crippen molar-refractivity contribution in [3.05, 3.63) is 35.9 Å². The largest absolute Gasteiger partial charge is 0.480 e. The fourth-order valence-electron chi connectivity index (χ4n) is 4.51. The van der Waals surface area contributed by atoms with Gasteiger partial charge in [0.15, 0.2) is 5.96 Å². The minimum Gasteiger partial charge on any atom is -0.480 e. The van der Waals surface area contributed by atoms with Crippen molar-refractivity contribution in [3.63, 3.8) is 0 Å². The lowest BCUT2D eigenvalue weighted by atomic mass is 10.0. The number of aliphatic imine (C=N–C) groups is 1. The van der Waals surface area contributed by atoms with Crippen molar-refractivity contribution < 1.29 is 24.3 Å². The summed E-state index contributed by atoms with van der Waals surface area (Å²) in [5.74, 6) is -2.75. The van der Waals surface area contributed by atoms with E-state index in [1.54, 1.807) is 12.1 Å². The van der Waals surface area contributed by atoms with Crippen molar-refractivity contribution in [2.45, 2.75) is 75.5 Å². The number of carboxylic acids is 1. The van der Waals surface area contributed by atoms with Gasteiger partial charge < -0.3 is 43.6 Å². The van der Waals surface area contributed by atoms with Crippen LogP contribution in [0.1, 0.15) is 50.5 Å². The lowest BCUT2D eigenvalue weighted by molar-refractivity contribution is -0.143. The summed E-state index contributed by atoms with van der Waals surface area (Å²) in [6, 6.07) is 5.30. The minimum atomic E-state index is -1.21. The average molecular weight is 547 g/mol. The molecule has 0 saturated carbocycles. The highest BCUT2D eigenvalue weighted by atomic mass is 16.4. The van der Waals surface area contributed by atoms with Gasteiger partial charge >= 0.3 is 5.97 Å². The van der Waals surface area contributed by atoms with E-state index in [9.17, 15) is 24.3 Å². The summed E-state index contributed by atoms with van der Waals surface area (Å²) in [4.78, 5) is 56.7. The molecule has 2 rings (SSSR count). The SMILES string of the molecule is NCCCC[C@H](N)C(=O)N1CCC[C@H]1C(=O)N[C@@H](Cc1ccccc1)C(=O)N[C@@H](CCCN=C(N)N)C(=O)O. The van der Waals surface area contributed by atoms with Gasteiger partial charge in [-0.3, -0.25) is 19.4 Å². The first-order chi connectivity index (χ1) is 18.6. The Balaban J connectivity index is 2.12. The van der Waals surface area contributed by atoms with Gasteiger partial charge in [0.05, 0.1) is 6.04 Å². The number of benzene rings is 1. The number of carbonyl (C=O) groups is 4. The standard InChI is InChI=1S/C26H42N8O5/c27-13-5-4-10-18(28)24(37)34-15-7-12-21(34)23(36)33-20(16-17-8-2-1-3-9-17)22(35)32-19(25(38)39)11-6-14-31-26(29)30/h1-3,8-9,18-21H,4-7,10-16,27-28H2,(H,32,35)(H,33,36)(H,38,39)(H4,29,30,31)/t18-,19-,20-,21-/m0/s1. The molecule has 3 amide bonds. The molecule has 1 saturated heterocycles. The van der Waals surface area contributed by atoms with Gasteiger partial charge in [-0.2, -0.15) is 0 Å². The fourth-order valence-corrected chi connectivity index (χ4v) is 4.51. The Morgan fingerprint density at radius 1 is 1.03 bits per heavy atom. The molecular weight excluding hydrogens is 504 g/mol. The molecule has 0 aromatic heterocycles. The number of hydrogen-bond acceptors (Lipinski definition) is 7. The van der Waals surface area contributed by atoms with Crippen LogP contribution in [-0.4, -0.2) is 83.5 Å². The zero-order valence-corrected chi connectivity index (χ0v) is 22.3. The van der Waals surface area contributed by atoms with Crippen molar-refractivity contribution in [1.29, 1.82) is 0 Å². The number of carbonyl (C=O) groups excluding carboxylic acids is 3. The number of aliphatic carboxylic acids is 1. The maximum absolute atomic E-state index is 13.3. The smallest absolute Gasteiger partial charge is 0.326 e. The molecule has 39 heavy (non-hydrogen) atoms. The summed E-state index contributed by atoms with van der Waals surface area (Å²) >= 11 is 0. The van der Waals surface area contributed by atoms with Crippen LogP contribution in [0.5, 0.6) is 0 Å². The third kappa shape index (κ3) is 10.5. The minimum absolute atomic E-state index is 0.0941. The monoisotopic (exact) mass is 546 g/mol. The number of carboxylic acid groups (broad SMARTS) is 1. The molecule has 0 aliphatic carbocycles. The zero-order valence-electron chi connectivity index (χ0n) is 22.3. The summed E-state index contributed by atoms with van der Waals surface area (Å²) in [6.07, 6.45) is 3.57. The van der Waals surface area contributed by atoms with Crippen molar-refractivity contribution in [3.8, 4) is 0 Å². The van der Waals surface area contributed by atoms with E-state index in [0.717, 1.165) is 12.0 Å². The molecule has 1 heterocycles. The van der Waals surface area contributed by atoms with Crippen molar-refractivity contribution in [1.82, 2.24) is 15.5 Å². The Morgan fingerprint density at radius 3 is 2.38 bits per heavy atom. The Labute approximate surface area is 228 Å². The highest BCUT2D eigenvalue weighted by Crippen LogP contribution is 2.20. The summed E-state index contributed by atoms with van der Waals surface area (Å²) in [5, 5.41) is 14.9. The van der Waals surface area contributed by atoms with E-state index in [-0.39, 0.29) is 31.3 Å². The van der Waals surface area contributed by atoms with Crippen LogP contribution in [0.2, 0.25) is 0 Å². The third-order valence-corrected chi connectivity index (χ3v) is 6.60. The molecule has 1 aliphatic heterocycles. The molecule has 0 spiro atoms. The molecule has 11 N–H and O–H groups in total. The molecule has 0 bridgehead atoms. The Morgan fingerprint density at radius 2 is 1.74 bits per heavy atom. The quantitative estimate of drug-likeness (QED) is 0.0747. The molecule has 0 radical (unpaired) electrons. The summed E-state index contributed by atoms with van der Waals surface area (Å²) in [5.41, 5.74) is 23.0. The van der Waals surface area contributed by atoms with E-state index in [4.69, 9.17) is 22.9 Å². The molecule has 1 fully saturated rings. The van der Waals surface area contributed by atoms with E-state index in [1.165, 1.54) is 4.90 Å². The average Bonchev–Trinajstić information content (AvgIpc) is 3.40. The summed E-state index contributed by atoms with van der Waals surface area (Å²) in [7, 11) is 0. The number of unbranched alkanes of at least 4 members (excludes halogenated alkanes) is 1. The van der Waals surface area contributed by atoms with Gasteiger partial charge in [0, 0.05) is 19.5 Å². The number of hydrogen-bond donors (Lipinski definition) is 7. The molecule has 1 aliphatic rings. The molecule has 13 nitrogen and oxygen atoms in total. The highest BCUT2D eigenvalue weighted by Gasteiger charge is 2.37. The number of guanidine groups is 1. The van der Waals surface area contributed by atoms with Crippen LogP contribution in [-0.2, 0) is 25.6 Å². The Bertz CT molecular complexity index is 986. The first-order valence-corrected chi connectivity index (χ1v) is 13.3. The van der Waals surface area contributed by atoms with Crippen molar-refractivity contribution in [2.75, 3.05) is 19.6 Å². The topological polar surface area (TPSA) is 232 Å². The number of nitrogens with one attached hydrogen (secondary N) is 2. The molecule has 1 aromatic carbocycles. The molecule has 13 heteroatoms. The first kappa shape index (κ1) is 31.5. The van der Waals surface area contributed by atoms with E-state index in [0.29, 0.717) is 45.2 Å². The van der Waals surface area contributed by atoms with E-state index in [2.05, 4.69) is 15.6 Å². The second-order valence-electron chi connectivity index (χ2n) is 9.68. The Kier molecular flexibility index (Phi) is 13.2. The van der Waals surface area contributed by atoms with Crippen molar-refractivity contribution in [2.24, 2.45) is 27.9 Å². The summed E-state index contributed by atoms with van der Waals surface area (Å²) < 4.78 is 0. The molecular formula is C26H42N8O5. The lowest BCUT2D eigenvalue weighted by Gasteiger charge is -2.28. The number of nitrogens with zero attached hydrogens (tertiary/aromatic N) is 2. The van der Waals surface area contributed by atoms with Gasteiger partial charge in [-0.25, -0.2) is 4.79 Å². The van der Waals surface area contributed by atoms with Crippen LogP contribution in [0, 0.1) is 0 Å². The number of rotatable bonds is 16. The number of amides is 3. The van der Waals surface area contributed by atoms with Crippen LogP contribution in [0.3, 0.4) is 0 Å². The van der Waals surface area contributed by atoms with E-state index >= 15 is 0 Å². The second kappa shape index (κ2) is 16.3. The van der Waals surface area contributed by atoms with Gasteiger partial charge in [-0.05, 0) is 50.6 Å². The number of likely N-dealkylation sites (tertiary alicyclic amines) is 1. The predicted molar refractivity (Wildman–Crippen MR) is 147 cm³/mol. The second-order valence-corrected chi connectivity index (χ2v) is 9.68. The third-order valence-electron chi connectivity index (χ3n) is 6.60. The van der Waals surface area contributed by atoms with Crippen LogP contribution in [0.4, 0.5) is 0 Å². The number of nitrogens with two attached hydrogens (primary N) is 4.